The molecule has 0 saturated carbocycles. The molecule has 4 atom stereocenters. The minimum Gasteiger partial charge on any atom is -0.382 e. The number of rotatable bonds is 5. The summed E-state index contributed by atoms with van der Waals surface area (Å²) >= 11 is 0. The maximum atomic E-state index is 11.7. The van der Waals surface area contributed by atoms with Gasteiger partial charge in [0.15, 0.2) is 0 Å². The van der Waals surface area contributed by atoms with Crippen LogP contribution in [-0.4, -0.2) is 22.8 Å². The van der Waals surface area contributed by atoms with Crippen LogP contribution in [0.1, 0.15) is 48.9 Å². The topological polar surface area (TPSA) is 42.4 Å². The number of aromatic nitrogens is 1. The summed E-state index contributed by atoms with van der Waals surface area (Å²) in [4.78, 5) is 4.45. The molecule has 4 unspecified atom stereocenters. The zero-order valence-electron chi connectivity index (χ0n) is 14.2. The fourth-order valence-corrected chi connectivity index (χ4v) is 4.57. The van der Waals surface area contributed by atoms with Crippen molar-refractivity contribution in [1.82, 2.24) is 4.98 Å². The summed E-state index contributed by atoms with van der Waals surface area (Å²) in [6.07, 6.45) is 5.87. The van der Waals surface area contributed by atoms with E-state index < -0.39 is 5.60 Å². The molecule has 0 spiro atoms. The van der Waals surface area contributed by atoms with Crippen molar-refractivity contribution in [2.45, 2.75) is 50.2 Å². The molecule has 126 valence electrons. The number of hydrogen-bond donors (Lipinski definition) is 1. The predicted molar refractivity (Wildman–Crippen MR) is 93.8 cm³/mol. The Hall–Kier alpha value is -1.71. The van der Waals surface area contributed by atoms with E-state index in [2.05, 4.69) is 30.1 Å². The summed E-state index contributed by atoms with van der Waals surface area (Å²) in [6, 6.07) is 14.3. The van der Waals surface area contributed by atoms with Gasteiger partial charge >= 0.3 is 0 Å². The van der Waals surface area contributed by atoms with Crippen molar-refractivity contribution in [3.05, 3.63) is 65.5 Å². The molecule has 2 aromatic rings. The predicted octanol–water partition coefficient (Wildman–Crippen LogP) is 3.81. The first-order valence-corrected chi connectivity index (χ1v) is 9.08. The second-order valence-electron chi connectivity index (χ2n) is 7.14. The number of fused-ring (bicyclic) bond motifs is 3. The molecule has 2 aliphatic rings. The van der Waals surface area contributed by atoms with E-state index in [1.165, 1.54) is 18.4 Å². The highest BCUT2D eigenvalue weighted by Gasteiger charge is 2.59. The second-order valence-corrected chi connectivity index (χ2v) is 7.14. The average Bonchev–Trinajstić information content (AvgIpc) is 3.06. The maximum absolute atomic E-state index is 11.7. The van der Waals surface area contributed by atoms with Crippen LogP contribution in [0.5, 0.6) is 0 Å². The maximum Gasteiger partial charge on any atom is 0.122 e. The Morgan fingerprint density at radius 3 is 2.83 bits per heavy atom. The van der Waals surface area contributed by atoms with E-state index in [-0.39, 0.29) is 12.0 Å². The summed E-state index contributed by atoms with van der Waals surface area (Å²) in [5.74, 6) is 0.366. The van der Waals surface area contributed by atoms with E-state index in [1.807, 2.05) is 30.5 Å². The van der Waals surface area contributed by atoms with Gasteiger partial charge in [0.05, 0.1) is 12.7 Å². The van der Waals surface area contributed by atoms with Gasteiger partial charge in [0.1, 0.15) is 5.60 Å². The number of unbranched alkanes of at least 4 members (excludes halogenated alkanes) is 1. The van der Waals surface area contributed by atoms with E-state index >= 15 is 0 Å². The number of benzene rings is 1. The standard InChI is InChI=1S/C21H25NO2/c1-2-3-9-18-17-10-4-5-11-19(17)21(23)15(14-24-20(18)21)13-16-8-6-7-12-22-16/h4-8,10-12,15,18,20,23H,2-3,9,13-14H2,1H3. The fourth-order valence-electron chi connectivity index (χ4n) is 4.57. The molecular formula is C21H25NO2. The number of ether oxygens (including phenoxy) is 1. The summed E-state index contributed by atoms with van der Waals surface area (Å²) in [7, 11) is 0. The van der Waals surface area contributed by atoms with Gasteiger partial charge in [0.25, 0.3) is 0 Å². The van der Waals surface area contributed by atoms with Crippen molar-refractivity contribution in [3.8, 4) is 0 Å². The van der Waals surface area contributed by atoms with Gasteiger partial charge in [-0.25, -0.2) is 0 Å². The van der Waals surface area contributed by atoms with Crippen molar-refractivity contribution in [1.29, 1.82) is 0 Å². The van der Waals surface area contributed by atoms with Crippen LogP contribution >= 0.6 is 0 Å². The number of pyridine rings is 1. The van der Waals surface area contributed by atoms with Crippen molar-refractivity contribution in [2.75, 3.05) is 6.61 Å². The second kappa shape index (κ2) is 6.30. The Kier molecular flexibility index (Phi) is 4.15. The normalized spacial score (nSPS) is 31.0. The van der Waals surface area contributed by atoms with Gasteiger partial charge in [-0.1, -0.05) is 50.1 Å². The Morgan fingerprint density at radius 1 is 1.21 bits per heavy atom. The SMILES string of the molecule is CCCCC1c2ccccc2C2(O)C(Cc3ccccn3)COC12. The molecule has 1 aliphatic heterocycles. The monoisotopic (exact) mass is 323 g/mol. The molecule has 1 aliphatic carbocycles. The first kappa shape index (κ1) is 15.8. The molecule has 24 heavy (non-hydrogen) atoms. The zero-order chi connectivity index (χ0) is 16.6. The van der Waals surface area contributed by atoms with Crippen LogP contribution in [0, 0.1) is 5.92 Å². The molecular weight excluding hydrogens is 298 g/mol. The minimum absolute atomic E-state index is 0.0603. The molecule has 1 aromatic carbocycles. The lowest BCUT2D eigenvalue weighted by molar-refractivity contribution is -0.0560. The van der Waals surface area contributed by atoms with Crippen LogP contribution in [0.15, 0.2) is 48.7 Å². The summed E-state index contributed by atoms with van der Waals surface area (Å²) < 4.78 is 6.18. The molecule has 3 nitrogen and oxygen atoms in total. The molecule has 1 fully saturated rings. The third-order valence-electron chi connectivity index (χ3n) is 5.74. The van der Waals surface area contributed by atoms with Crippen LogP contribution in [0.3, 0.4) is 0 Å². The highest BCUT2D eigenvalue weighted by atomic mass is 16.5. The minimum atomic E-state index is -0.882. The van der Waals surface area contributed by atoms with E-state index in [4.69, 9.17) is 4.74 Å². The summed E-state index contributed by atoms with van der Waals surface area (Å²) in [5, 5.41) is 11.7. The van der Waals surface area contributed by atoms with Gasteiger partial charge in [0, 0.05) is 23.7 Å². The van der Waals surface area contributed by atoms with Crippen LogP contribution in [0.4, 0.5) is 0 Å². The average molecular weight is 323 g/mol. The van der Waals surface area contributed by atoms with E-state index in [1.54, 1.807) is 0 Å². The van der Waals surface area contributed by atoms with Gasteiger partial charge in [0.2, 0.25) is 0 Å². The van der Waals surface area contributed by atoms with Crippen LogP contribution < -0.4 is 0 Å². The molecule has 0 radical (unpaired) electrons. The molecule has 0 bridgehead atoms. The number of hydrogen-bond acceptors (Lipinski definition) is 3. The van der Waals surface area contributed by atoms with Gasteiger partial charge < -0.3 is 9.84 Å². The Balaban J connectivity index is 1.68. The molecule has 3 heteroatoms. The molecule has 2 heterocycles. The number of nitrogens with zero attached hydrogens (tertiary/aromatic N) is 1. The molecule has 1 aromatic heterocycles. The van der Waals surface area contributed by atoms with E-state index in [0.29, 0.717) is 12.5 Å². The quantitative estimate of drug-likeness (QED) is 0.910. The highest BCUT2D eigenvalue weighted by Crippen LogP contribution is 2.55. The van der Waals surface area contributed by atoms with Crippen LogP contribution in [-0.2, 0) is 16.8 Å². The molecule has 4 rings (SSSR count). The molecule has 1 N–H and O–H groups in total. The van der Waals surface area contributed by atoms with Gasteiger partial charge in [-0.3, -0.25) is 4.98 Å². The molecule has 1 saturated heterocycles. The lowest BCUT2D eigenvalue weighted by atomic mass is 9.80. The van der Waals surface area contributed by atoms with Gasteiger partial charge in [-0.2, -0.15) is 0 Å². The van der Waals surface area contributed by atoms with Gasteiger partial charge in [-0.15, -0.1) is 0 Å². The van der Waals surface area contributed by atoms with Gasteiger partial charge in [-0.05, 0) is 36.1 Å². The summed E-state index contributed by atoms with van der Waals surface area (Å²) in [6.45, 7) is 2.82. The van der Waals surface area contributed by atoms with E-state index in [9.17, 15) is 5.11 Å². The van der Waals surface area contributed by atoms with Crippen molar-refractivity contribution in [3.63, 3.8) is 0 Å². The van der Waals surface area contributed by atoms with Crippen LogP contribution in [0.2, 0.25) is 0 Å². The highest BCUT2D eigenvalue weighted by molar-refractivity contribution is 5.45. The lowest BCUT2D eigenvalue weighted by Crippen LogP contribution is -2.39. The summed E-state index contributed by atoms with van der Waals surface area (Å²) in [5.41, 5.74) is 2.50. The third-order valence-corrected chi connectivity index (χ3v) is 5.74. The fraction of sp³-hybridized carbons (Fsp3) is 0.476. The van der Waals surface area contributed by atoms with E-state index in [0.717, 1.165) is 24.1 Å². The Labute approximate surface area is 143 Å². The zero-order valence-corrected chi connectivity index (χ0v) is 14.2. The molecule has 0 amide bonds. The van der Waals surface area contributed by atoms with Crippen molar-refractivity contribution < 1.29 is 9.84 Å². The van der Waals surface area contributed by atoms with Crippen LogP contribution in [0.25, 0.3) is 0 Å². The third kappa shape index (κ3) is 2.38. The Morgan fingerprint density at radius 2 is 2.04 bits per heavy atom. The Bertz CT molecular complexity index is 702. The smallest absolute Gasteiger partial charge is 0.122 e. The number of aliphatic hydroxyl groups is 1. The largest absolute Gasteiger partial charge is 0.382 e. The first-order chi connectivity index (χ1) is 11.7. The van der Waals surface area contributed by atoms with Crippen molar-refractivity contribution in [2.24, 2.45) is 5.92 Å². The first-order valence-electron chi connectivity index (χ1n) is 9.08. The lowest BCUT2D eigenvalue weighted by Gasteiger charge is -2.30. The van der Waals surface area contributed by atoms with Crippen molar-refractivity contribution >= 4 is 0 Å².